The van der Waals surface area contributed by atoms with Gasteiger partial charge in [0.1, 0.15) is 5.75 Å². The van der Waals surface area contributed by atoms with Crippen LogP contribution in [0.2, 0.25) is 0 Å². The Morgan fingerprint density at radius 3 is 2.90 bits per heavy atom. The van der Waals surface area contributed by atoms with Gasteiger partial charge in [-0.2, -0.15) is 0 Å². The van der Waals surface area contributed by atoms with Crippen LogP contribution in [0.4, 0.5) is 0 Å². The fourth-order valence-corrected chi connectivity index (χ4v) is 1.84. The lowest BCUT2D eigenvalue weighted by molar-refractivity contribution is -0.137. The van der Waals surface area contributed by atoms with E-state index >= 15 is 0 Å². The lowest BCUT2D eigenvalue weighted by Crippen LogP contribution is -1.95. The first-order valence-corrected chi connectivity index (χ1v) is 6.29. The van der Waals surface area contributed by atoms with Crippen molar-refractivity contribution in [3.63, 3.8) is 0 Å². The summed E-state index contributed by atoms with van der Waals surface area (Å²) in [5.41, 5.74) is 1.80. The van der Waals surface area contributed by atoms with Crippen LogP contribution in [0, 0.1) is 6.92 Å². The van der Waals surface area contributed by atoms with Crippen molar-refractivity contribution >= 4 is 5.97 Å². The average Bonchev–Trinajstić information content (AvgIpc) is 2.87. The number of hydrogen-bond acceptors (Lipinski definition) is 5. The van der Waals surface area contributed by atoms with Gasteiger partial charge in [0.05, 0.1) is 12.7 Å². The number of hydrogen-bond donors (Lipinski definition) is 1. The van der Waals surface area contributed by atoms with Gasteiger partial charge >= 0.3 is 5.97 Å². The Hall–Kier alpha value is -2.37. The van der Waals surface area contributed by atoms with Gasteiger partial charge in [0.2, 0.25) is 5.89 Å². The number of aryl methyl sites for hydroxylation is 2. The van der Waals surface area contributed by atoms with Gasteiger partial charge in [-0.1, -0.05) is 11.6 Å². The molecule has 0 bridgehead atoms. The van der Waals surface area contributed by atoms with Crippen LogP contribution in [0.25, 0.3) is 11.5 Å². The highest BCUT2D eigenvalue weighted by Crippen LogP contribution is 2.29. The molecule has 0 amide bonds. The molecule has 20 heavy (non-hydrogen) atoms. The minimum atomic E-state index is -0.829. The van der Waals surface area contributed by atoms with Crippen LogP contribution in [0.15, 0.2) is 22.6 Å². The summed E-state index contributed by atoms with van der Waals surface area (Å²) < 4.78 is 10.8. The number of aromatic nitrogens is 2. The van der Waals surface area contributed by atoms with Gasteiger partial charge in [-0.3, -0.25) is 4.79 Å². The largest absolute Gasteiger partial charge is 0.496 e. The summed E-state index contributed by atoms with van der Waals surface area (Å²) in [6.45, 7) is 1.97. The van der Waals surface area contributed by atoms with E-state index in [0.717, 1.165) is 11.1 Å². The zero-order chi connectivity index (χ0) is 14.5. The van der Waals surface area contributed by atoms with Gasteiger partial charge < -0.3 is 14.3 Å². The maximum Gasteiger partial charge on any atom is 0.303 e. The van der Waals surface area contributed by atoms with E-state index in [9.17, 15) is 4.79 Å². The number of methoxy groups -OCH3 is 1. The van der Waals surface area contributed by atoms with Crippen molar-refractivity contribution in [1.82, 2.24) is 10.2 Å². The average molecular weight is 276 g/mol. The molecule has 106 valence electrons. The van der Waals surface area contributed by atoms with Gasteiger partial charge in [-0.05, 0) is 25.5 Å². The van der Waals surface area contributed by atoms with Gasteiger partial charge in [-0.25, -0.2) is 0 Å². The van der Waals surface area contributed by atoms with Crippen LogP contribution < -0.4 is 4.74 Å². The minimum absolute atomic E-state index is 0.0888. The maximum absolute atomic E-state index is 10.5. The van der Waals surface area contributed by atoms with Crippen molar-refractivity contribution in [2.75, 3.05) is 7.11 Å². The fraction of sp³-hybridized carbons (Fsp3) is 0.357. The molecule has 6 heteroatoms. The number of benzene rings is 1. The second-order valence-electron chi connectivity index (χ2n) is 4.45. The fourth-order valence-electron chi connectivity index (χ4n) is 1.84. The van der Waals surface area contributed by atoms with Crippen LogP contribution in [-0.4, -0.2) is 28.4 Å². The van der Waals surface area contributed by atoms with Crippen LogP contribution in [0.1, 0.15) is 24.3 Å². The second-order valence-corrected chi connectivity index (χ2v) is 4.45. The van der Waals surface area contributed by atoms with Crippen molar-refractivity contribution in [3.8, 4) is 17.2 Å². The highest BCUT2D eigenvalue weighted by Gasteiger charge is 2.13. The van der Waals surface area contributed by atoms with E-state index in [1.165, 1.54) is 0 Å². The summed E-state index contributed by atoms with van der Waals surface area (Å²) >= 11 is 0. The molecule has 0 saturated carbocycles. The molecule has 2 rings (SSSR count). The maximum atomic E-state index is 10.5. The number of carboxylic acid groups (broad SMARTS) is 1. The number of carbonyl (C=O) groups is 1. The molecule has 0 saturated heterocycles. The number of carboxylic acids is 1. The van der Waals surface area contributed by atoms with Gasteiger partial charge in [0, 0.05) is 12.8 Å². The predicted octanol–water partition coefficient (Wildman–Crippen LogP) is 2.46. The highest BCUT2D eigenvalue weighted by molar-refractivity contribution is 5.66. The summed E-state index contributed by atoms with van der Waals surface area (Å²) in [6, 6.07) is 5.69. The number of aliphatic carboxylic acids is 1. The number of ether oxygens (including phenoxy) is 1. The normalized spacial score (nSPS) is 10.5. The van der Waals surface area contributed by atoms with E-state index in [-0.39, 0.29) is 6.42 Å². The van der Waals surface area contributed by atoms with Gasteiger partial charge in [0.15, 0.2) is 0 Å². The molecule has 0 aliphatic heterocycles. The van der Waals surface area contributed by atoms with Gasteiger partial charge in [0.25, 0.3) is 5.89 Å². The van der Waals surface area contributed by atoms with Gasteiger partial charge in [-0.15, -0.1) is 10.2 Å². The van der Waals surface area contributed by atoms with Crippen molar-refractivity contribution in [2.45, 2.75) is 26.2 Å². The van der Waals surface area contributed by atoms with E-state index < -0.39 is 5.97 Å². The molecule has 1 N–H and O–H groups in total. The van der Waals surface area contributed by atoms with Crippen LogP contribution in [-0.2, 0) is 11.2 Å². The first-order chi connectivity index (χ1) is 9.60. The molecule has 0 atom stereocenters. The summed E-state index contributed by atoms with van der Waals surface area (Å²) in [7, 11) is 1.58. The minimum Gasteiger partial charge on any atom is -0.496 e. The Kier molecular flexibility index (Phi) is 4.34. The zero-order valence-corrected chi connectivity index (χ0v) is 11.4. The molecule has 0 spiro atoms. The van der Waals surface area contributed by atoms with E-state index in [0.29, 0.717) is 30.4 Å². The molecule has 6 nitrogen and oxygen atoms in total. The molecular weight excluding hydrogens is 260 g/mol. The predicted molar refractivity (Wildman–Crippen MR) is 71.6 cm³/mol. The summed E-state index contributed by atoms with van der Waals surface area (Å²) in [5.74, 6) is 0.655. The van der Waals surface area contributed by atoms with Crippen LogP contribution in [0.5, 0.6) is 5.75 Å². The Morgan fingerprint density at radius 1 is 1.40 bits per heavy atom. The smallest absolute Gasteiger partial charge is 0.303 e. The lowest BCUT2D eigenvalue weighted by Gasteiger charge is -2.05. The van der Waals surface area contributed by atoms with E-state index in [4.69, 9.17) is 14.3 Å². The van der Waals surface area contributed by atoms with Crippen LogP contribution >= 0.6 is 0 Å². The summed E-state index contributed by atoms with van der Waals surface area (Å²) in [5, 5.41) is 16.5. The Morgan fingerprint density at radius 2 is 2.20 bits per heavy atom. The molecule has 0 aliphatic carbocycles. The SMILES string of the molecule is COc1ccc(C)cc1-c1nnc(CCCC(=O)O)o1. The van der Waals surface area contributed by atoms with Crippen molar-refractivity contribution in [1.29, 1.82) is 0 Å². The number of rotatable bonds is 6. The molecule has 0 radical (unpaired) electrons. The van der Waals surface area contributed by atoms with Crippen molar-refractivity contribution in [3.05, 3.63) is 29.7 Å². The van der Waals surface area contributed by atoms with E-state index in [1.54, 1.807) is 7.11 Å². The molecule has 1 heterocycles. The molecule has 1 aromatic heterocycles. The Bertz CT molecular complexity index is 607. The standard InChI is InChI=1S/C14H16N2O4/c1-9-6-7-11(19-2)10(8-9)14-16-15-12(20-14)4-3-5-13(17)18/h6-8H,3-5H2,1-2H3,(H,17,18). The first-order valence-electron chi connectivity index (χ1n) is 6.29. The zero-order valence-electron chi connectivity index (χ0n) is 11.4. The quantitative estimate of drug-likeness (QED) is 0.872. The third-order valence-corrected chi connectivity index (χ3v) is 2.83. The highest BCUT2D eigenvalue weighted by atomic mass is 16.5. The molecule has 0 unspecified atom stereocenters. The second kappa shape index (κ2) is 6.18. The third-order valence-electron chi connectivity index (χ3n) is 2.83. The van der Waals surface area contributed by atoms with E-state index in [1.807, 2.05) is 25.1 Å². The molecule has 0 aliphatic rings. The van der Waals surface area contributed by atoms with Crippen molar-refractivity contribution < 1.29 is 19.1 Å². The third kappa shape index (κ3) is 3.34. The Balaban J connectivity index is 2.16. The monoisotopic (exact) mass is 276 g/mol. The molecule has 1 aromatic carbocycles. The molecular formula is C14H16N2O4. The molecule has 2 aromatic rings. The summed E-state index contributed by atoms with van der Waals surface area (Å²) in [4.78, 5) is 10.5. The topological polar surface area (TPSA) is 85.5 Å². The van der Waals surface area contributed by atoms with E-state index in [2.05, 4.69) is 10.2 Å². The Labute approximate surface area is 116 Å². The molecule has 0 fully saturated rings. The van der Waals surface area contributed by atoms with Crippen molar-refractivity contribution in [2.24, 2.45) is 0 Å². The number of nitrogens with zero attached hydrogens (tertiary/aromatic N) is 2. The van der Waals surface area contributed by atoms with Crippen LogP contribution in [0.3, 0.4) is 0 Å². The lowest BCUT2D eigenvalue weighted by atomic mass is 10.1. The first kappa shape index (κ1) is 14.0. The summed E-state index contributed by atoms with van der Waals surface area (Å²) in [6.07, 6.45) is 1.01.